The summed E-state index contributed by atoms with van der Waals surface area (Å²) in [7, 11) is 0. The Labute approximate surface area is 165 Å². The first kappa shape index (κ1) is 15.3. The molecule has 0 N–H and O–H groups in total. The number of para-hydroxylation sites is 4. The minimum absolute atomic E-state index is 0.439. The maximum Gasteiger partial charge on any atom is 0.366 e. The molecule has 0 radical (unpaired) electrons. The lowest BCUT2D eigenvalue weighted by Gasteiger charge is -1.92. The highest BCUT2D eigenvalue weighted by molar-refractivity contribution is 6.05. The molecule has 0 atom stereocenters. The molecule has 3 heteroatoms. The van der Waals surface area contributed by atoms with Crippen molar-refractivity contribution in [2.24, 2.45) is 0 Å². The van der Waals surface area contributed by atoms with Gasteiger partial charge in [-0.3, -0.25) is 0 Å². The predicted molar refractivity (Wildman–Crippen MR) is 105 cm³/mol. The van der Waals surface area contributed by atoms with Crippen molar-refractivity contribution in [3.63, 3.8) is 0 Å². The van der Waals surface area contributed by atoms with Crippen LogP contribution in [-0.4, -0.2) is 0 Å². The summed E-state index contributed by atoms with van der Waals surface area (Å²) in [6.45, 7) is 0. The van der Waals surface area contributed by atoms with Gasteiger partial charge in [0.05, 0.1) is 0 Å². The molecule has 0 aliphatic carbocycles. The van der Waals surface area contributed by atoms with Gasteiger partial charge in [-0.2, -0.15) is 0 Å². The van der Waals surface area contributed by atoms with Crippen LogP contribution in [0.15, 0.2) is 93.8 Å². The Bertz CT molecular complexity index is 1340. The number of fused-ring (bicyclic) bond motifs is 6. The molecule has 0 fully saturated rings. The topological polar surface area (TPSA) is 26.3 Å². The van der Waals surface area contributed by atoms with E-state index in [1.165, 1.54) is 28.7 Å². The molecule has 128 valence electrons. The lowest BCUT2D eigenvalue weighted by molar-refractivity contribution is -0.594. The standard InChI is InChI=1S/C24H14IO2/c1-3-13-21-15(7-1)17-9-5-11-19(23(17)26-21)25-20-12-6-10-18-16-8-2-4-14-22(16)27-24(18)20/h1-14H/q+1. The van der Waals surface area contributed by atoms with E-state index in [0.29, 0.717) is 0 Å². The Kier molecular flexibility index (Phi) is 3.32. The van der Waals surface area contributed by atoms with E-state index in [2.05, 4.69) is 60.7 Å². The molecular weight excluding hydrogens is 447 g/mol. The molecule has 2 nitrogen and oxygen atoms in total. The molecular formula is C24H14IO2+. The summed E-state index contributed by atoms with van der Waals surface area (Å²) in [4.78, 5) is 0. The van der Waals surface area contributed by atoms with Crippen molar-refractivity contribution in [1.82, 2.24) is 0 Å². The first-order valence-corrected chi connectivity index (χ1v) is 11.0. The molecule has 4 aromatic carbocycles. The molecule has 0 amide bonds. The van der Waals surface area contributed by atoms with Gasteiger partial charge in [-0.05, 0) is 24.3 Å². The number of benzene rings is 4. The van der Waals surface area contributed by atoms with Crippen LogP contribution in [0, 0.1) is 7.14 Å². The molecule has 0 saturated heterocycles. The molecule has 27 heavy (non-hydrogen) atoms. The van der Waals surface area contributed by atoms with Crippen LogP contribution in [-0.2, 0) is 0 Å². The average molecular weight is 461 g/mol. The summed E-state index contributed by atoms with van der Waals surface area (Å²) >= 11 is -0.439. The van der Waals surface area contributed by atoms with Crippen molar-refractivity contribution >= 4 is 43.9 Å². The zero-order valence-corrected chi connectivity index (χ0v) is 16.4. The van der Waals surface area contributed by atoms with Crippen molar-refractivity contribution in [3.05, 3.63) is 92.1 Å². The van der Waals surface area contributed by atoms with Gasteiger partial charge in [-0.15, -0.1) is 0 Å². The fourth-order valence-electron chi connectivity index (χ4n) is 3.68. The second kappa shape index (κ2) is 5.86. The molecule has 2 heterocycles. The van der Waals surface area contributed by atoms with Crippen molar-refractivity contribution in [2.75, 3.05) is 0 Å². The number of hydrogen-bond acceptors (Lipinski definition) is 2. The van der Waals surface area contributed by atoms with Crippen LogP contribution < -0.4 is 21.2 Å². The maximum atomic E-state index is 6.22. The molecule has 0 bridgehead atoms. The fourth-order valence-corrected chi connectivity index (χ4v) is 6.38. The van der Waals surface area contributed by atoms with E-state index in [1.54, 1.807) is 0 Å². The Morgan fingerprint density at radius 1 is 0.444 bits per heavy atom. The van der Waals surface area contributed by atoms with Crippen LogP contribution in [0.3, 0.4) is 0 Å². The van der Waals surface area contributed by atoms with Crippen molar-refractivity contribution in [3.8, 4) is 0 Å². The van der Waals surface area contributed by atoms with E-state index in [-0.39, 0.29) is 0 Å². The van der Waals surface area contributed by atoms with Gasteiger partial charge in [0.25, 0.3) is 0 Å². The third kappa shape index (κ3) is 2.31. The Morgan fingerprint density at radius 2 is 0.889 bits per heavy atom. The first-order chi connectivity index (χ1) is 13.4. The van der Waals surface area contributed by atoms with Crippen molar-refractivity contribution in [1.29, 1.82) is 0 Å². The zero-order chi connectivity index (χ0) is 17.8. The van der Waals surface area contributed by atoms with Crippen LogP contribution in [0.4, 0.5) is 0 Å². The smallest absolute Gasteiger partial charge is 0.366 e. The van der Waals surface area contributed by atoms with Crippen molar-refractivity contribution < 1.29 is 30.0 Å². The Hall–Kier alpha value is -2.79. The van der Waals surface area contributed by atoms with E-state index in [0.717, 1.165) is 22.3 Å². The highest BCUT2D eigenvalue weighted by atomic mass is 127. The quantitative estimate of drug-likeness (QED) is 0.369. The highest BCUT2D eigenvalue weighted by Gasteiger charge is 2.26. The normalized spacial score (nSPS) is 11.9. The Balaban J connectivity index is 1.57. The lowest BCUT2D eigenvalue weighted by Crippen LogP contribution is -3.61. The second-order valence-electron chi connectivity index (χ2n) is 6.52. The summed E-state index contributed by atoms with van der Waals surface area (Å²) in [6.07, 6.45) is 0. The van der Waals surface area contributed by atoms with Crippen LogP contribution in [0.2, 0.25) is 0 Å². The van der Waals surface area contributed by atoms with Crippen LogP contribution in [0.5, 0.6) is 0 Å². The molecule has 2 aromatic heterocycles. The molecule has 0 saturated carbocycles. The zero-order valence-electron chi connectivity index (χ0n) is 14.3. The minimum atomic E-state index is -0.439. The van der Waals surface area contributed by atoms with Gasteiger partial charge in [0.15, 0.2) is 11.2 Å². The molecule has 0 aliphatic rings. The van der Waals surface area contributed by atoms with E-state index in [9.17, 15) is 0 Å². The predicted octanol–water partition coefficient (Wildman–Crippen LogP) is 3.61. The summed E-state index contributed by atoms with van der Waals surface area (Å²) in [6, 6.07) is 29.5. The molecule has 0 spiro atoms. The number of furan rings is 2. The van der Waals surface area contributed by atoms with Gasteiger partial charge in [-0.1, -0.05) is 60.7 Å². The third-order valence-corrected chi connectivity index (χ3v) is 7.78. The number of halogens is 1. The van der Waals surface area contributed by atoms with Gasteiger partial charge >= 0.3 is 21.2 Å². The molecule has 0 aliphatic heterocycles. The largest absolute Gasteiger partial charge is 0.451 e. The van der Waals surface area contributed by atoms with E-state index < -0.39 is 21.2 Å². The van der Waals surface area contributed by atoms with Crippen LogP contribution in [0.1, 0.15) is 0 Å². The van der Waals surface area contributed by atoms with E-state index in [4.69, 9.17) is 8.83 Å². The summed E-state index contributed by atoms with van der Waals surface area (Å²) in [5.74, 6) is 0. The maximum absolute atomic E-state index is 6.22. The van der Waals surface area contributed by atoms with Gasteiger partial charge in [-0.25, -0.2) is 0 Å². The van der Waals surface area contributed by atoms with Crippen LogP contribution >= 0.6 is 0 Å². The molecule has 6 rings (SSSR count). The lowest BCUT2D eigenvalue weighted by atomic mass is 10.2. The minimum Gasteiger partial charge on any atom is -0.451 e. The third-order valence-electron chi connectivity index (χ3n) is 4.92. The molecule has 0 unspecified atom stereocenters. The average Bonchev–Trinajstić information content (AvgIpc) is 3.28. The van der Waals surface area contributed by atoms with Gasteiger partial charge in [0.1, 0.15) is 11.2 Å². The van der Waals surface area contributed by atoms with E-state index >= 15 is 0 Å². The van der Waals surface area contributed by atoms with E-state index in [1.807, 2.05) is 24.3 Å². The second-order valence-corrected chi connectivity index (χ2v) is 9.39. The van der Waals surface area contributed by atoms with Gasteiger partial charge in [0.2, 0.25) is 7.14 Å². The highest BCUT2D eigenvalue weighted by Crippen LogP contribution is 2.29. The fraction of sp³-hybridized carbons (Fsp3) is 0. The van der Waals surface area contributed by atoms with Crippen LogP contribution in [0.25, 0.3) is 43.9 Å². The van der Waals surface area contributed by atoms with Gasteiger partial charge in [0, 0.05) is 21.5 Å². The SMILES string of the molecule is c1ccc2c(c1)oc1c([I+]c3cccc4c3oc3ccccc34)cccc12. The summed E-state index contributed by atoms with van der Waals surface area (Å²) in [5, 5.41) is 4.75. The first-order valence-electron chi connectivity index (χ1n) is 8.84. The molecule has 6 aromatic rings. The Morgan fingerprint density at radius 3 is 1.41 bits per heavy atom. The monoisotopic (exact) mass is 461 g/mol. The van der Waals surface area contributed by atoms with Gasteiger partial charge < -0.3 is 8.83 Å². The summed E-state index contributed by atoms with van der Waals surface area (Å²) in [5.41, 5.74) is 3.93. The number of rotatable bonds is 2. The summed E-state index contributed by atoms with van der Waals surface area (Å²) < 4.78 is 15.0. The number of hydrogen-bond donors (Lipinski definition) is 0. The van der Waals surface area contributed by atoms with Crippen molar-refractivity contribution in [2.45, 2.75) is 0 Å².